The maximum atomic E-state index is 13.8. The van der Waals surface area contributed by atoms with Crippen molar-refractivity contribution in [3.8, 4) is 0 Å². The van der Waals surface area contributed by atoms with Crippen molar-refractivity contribution in [2.45, 2.75) is 72.6 Å². The van der Waals surface area contributed by atoms with Crippen LogP contribution in [0, 0.1) is 10.8 Å². The quantitative estimate of drug-likeness (QED) is 0.656. The Morgan fingerprint density at radius 2 is 1.59 bits per heavy atom. The fourth-order valence-electron chi connectivity index (χ4n) is 3.14. The van der Waals surface area contributed by atoms with E-state index in [1.54, 1.807) is 13.8 Å². The molecule has 0 aromatic carbocycles. The second kappa shape index (κ2) is 4.66. The van der Waals surface area contributed by atoms with Crippen LogP contribution in [-0.2, 0) is 9.09 Å². The maximum absolute atomic E-state index is 13.8. The number of rotatable bonds is 3. The van der Waals surface area contributed by atoms with E-state index >= 15 is 0 Å². The van der Waals surface area contributed by atoms with E-state index < -0.39 is 13.3 Å². The van der Waals surface area contributed by atoms with E-state index in [1.165, 1.54) is 0 Å². The average Bonchev–Trinajstić information content (AvgIpc) is 1.94. The van der Waals surface area contributed by atoms with Gasteiger partial charge in [0, 0.05) is 0 Å². The highest BCUT2D eigenvalue weighted by atomic mass is 31.2. The molecule has 0 aromatic rings. The molecule has 1 unspecified atom stereocenters. The summed E-state index contributed by atoms with van der Waals surface area (Å²) < 4.78 is 30.8. The van der Waals surface area contributed by atoms with E-state index in [-0.39, 0.29) is 16.9 Å². The van der Waals surface area contributed by atoms with Crippen LogP contribution in [0.4, 0.5) is 4.20 Å². The van der Waals surface area contributed by atoms with Gasteiger partial charge in [0.2, 0.25) is 0 Å². The highest BCUT2D eigenvalue weighted by molar-refractivity contribution is 7.54. The van der Waals surface area contributed by atoms with Crippen molar-refractivity contribution in [3.05, 3.63) is 0 Å². The largest absolute Gasteiger partial charge is 0.370 e. The van der Waals surface area contributed by atoms with Gasteiger partial charge in [0.25, 0.3) is 0 Å². The molecule has 0 radical (unpaired) electrons. The zero-order valence-corrected chi connectivity index (χ0v) is 12.8. The summed E-state index contributed by atoms with van der Waals surface area (Å²) in [4.78, 5) is 0. The first-order valence-corrected chi connectivity index (χ1v) is 8.00. The molecule has 1 aliphatic rings. The van der Waals surface area contributed by atoms with Crippen LogP contribution in [0.5, 0.6) is 0 Å². The van der Waals surface area contributed by atoms with Gasteiger partial charge < -0.3 is 4.52 Å². The molecule has 1 rings (SSSR count). The minimum Gasteiger partial charge on any atom is -0.302 e. The summed E-state index contributed by atoms with van der Waals surface area (Å²) in [5.74, 6) is 0. The molecule has 102 valence electrons. The minimum atomic E-state index is -3.95. The maximum Gasteiger partial charge on any atom is 0.370 e. The molecule has 0 amide bonds. The van der Waals surface area contributed by atoms with Gasteiger partial charge in [-0.1, -0.05) is 41.5 Å². The first-order valence-electron chi connectivity index (χ1n) is 6.41. The van der Waals surface area contributed by atoms with Crippen molar-refractivity contribution in [1.29, 1.82) is 0 Å². The van der Waals surface area contributed by atoms with Crippen molar-refractivity contribution in [2.24, 2.45) is 10.8 Å². The van der Waals surface area contributed by atoms with Crippen LogP contribution in [0.1, 0.15) is 60.8 Å². The van der Waals surface area contributed by atoms with Gasteiger partial charge in [-0.25, -0.2) is 0 Å². The van der Waals surface area contributed by atoms with Crippen LogP contribution in [-0.4, -0.2) is 11.8 Å². The summed E-state index contributed by atoms with van der Waals surface area (Å²) in [5.41, 5.74) is -0.289. The van der Waals surface area contributed by atoms with E-state index in [0.717, 1.165) is 19.3 Å². The molecular formula is C13H26FO2P. The first-order chi connectivity index (χ1) is 7.44. The lowest BCUT2D eigenvalue weighted by atomic mass is 9.64. The monoisotopic (exact) mass is 264 g/mol. The molecule has 0 heterocycles. The molecule has 1 atom stereocenters. The molecule has 0 aromatic heterocycles. The summed E-state index contributed by atoms with van der Waals surface area (Å²) in [7, 11) is -3.95. The Morgan fingerprint density at radius 1 is 1.18 bits per heavy atom. The third kappa shape index (κ3) is 4.37. The van der Waals surface area contributed by atoms with Gasteiger partial charge >= 0.3 is 7.68 Å². The molecule has 4 heteroatoms. The predicted molar refractivity (Wildman–Crippen MR) is 70.1 cm³/mol. The van der Waals surface area contributed by atoms with Gasteiger partial charge in [0.15, 0.2) is 0 Å². The third-order valence-electron chi connectivity index (χ3n) is 3.43. The van der Waals surface area contributed by atoms with Crippen LogP contribution < -0.4 is 0 Å². The zero-order valence-electron chi connectivity index (χ0n) is 11.9. The third-order valence-corrected chi connectivity index (χ3v) is 5.25. The zero-order chi connectivity index (χ0) is 13.5. The summed E-state index contributed by atoms with van der Waals surface area (Å²) in [6.45, 7) is 11.9. The molecule has 0 saturated heterocycles. The Morgan fingerprint density at radius 3 is 1.94 bits per heavy atom. The molecule has 1 fully saturated rings. The molecule has 2 nitrogen and oxygen atoms in total. The second-order valence-corrected chi connectivity index (χ2v) is 9.54. The molecular weight excluding hydrogens is 238 g/mol. The lowest BCUT2D eigenvalue weighted by Gasteiger charge is -2.44. The lowest BCUT2D eigenvalue weighted by molar-refractivity contribution is 0.0106. The van der Waals surface area contributed by atoms with Gasteiger partial charge in [-0.05, 0) is 30.1 Å². The standard InChI is InChI=1S/C13H26FO2P/c1-10(2)17(14,15)16-11-7-12(3,4)9-13(5,6)8-11/h10-11H,7-9H2,1-6H3. The number of hydrogen-bond donors (Lipinski definition) is 0. The molecule has 0 N–H and O–H groups in total. The van der Waals surface area contributed by atoms with E-state index in [1.807, 2.05) is 0 Å². The Balaban J connectivity index is 2.76. The van der Waals surface area contributed by atoms with Gasteiger partial charge in [0.05, 0.1) is 11.8 Å². The van der Waals surface area contributed by atoms with Crippen LogP contribution in [0.2, 0.25) is 0 Å². The van der Waals surface area contributed by atoms with Crippen LogP contribution in [0.25, 0.3) is 0 Å². The smallest absolute Gasteiger partial charge is 0.302 e. The Labute approximate surface area is 105 Å². The van der Waals surface area contributed by atoms with Gasteiger partial charge in [-0.3, -0.25) is 4.57 Å². The van der Waals surface area contributed by atoms with Crippen molar-refractivity contribution >= 4 is 7.68 Å². The van der Waals surface area contributed by atoms with E-state index in [4.69, 9.17) is 4.52 Å². The Bertz CT molecular complexity index is 307. The normalized spacial score (nSPS) is 28.0. The first kappa shape index (κ1) is 15.2. The molecule has 0 spiro atoms. The fraction of sp³-hybridized carbons (Fsp3) is 1.00. The number of hydrogen-bond acceptors (Lipinski definition) is 2. The highest BCUT2D eigenvalue weighted by Gasteiger charge is 2.42. The predicted octanol–water partition coefficient (Wildman–Crippen LogP) is 5.18. The van der Waals surface area contributed by atoms with Gasteiger partial charge in [0.1, 0.15) is 0 Å². The topological polar surface area (TPSA) is 26.3 Å². The van der Waals surface area contributed by atoms with Crippen molar-refractivity contribution in [3.63, 3.8) is 0 Å². The Kier molecular flexibility index (Phi) is 4.16. The minimum absolute atomic E-state index is 0.128. The van der Waals surface area contributed by atoms with Crippen molar-refractivity contribution < 1.29 is 13.3 Å². The number of halogens is 1. The van der Waals surface area contributed by atoms with Crippen LogP contribution in [0.15, 0.2) is 0 Å². The van der Waals surface area contributed by atoms with Crippen molar-refractivity contribution in [2.75, 3.05) is 0 Å². The lowest BCUT2D eigenvalue weighted by Crippen LogP contribution is -2.37. The van der Waals surface area contributed by atoms with Crippen LogP contribution in [0.3, 0.4) is 0 Å². The van der Waals surface area contributed by atoms with Crippen LogP contribution >= 0.6 is 7.68 Å². The van der Waals surface area contributed by atoms with Gasteiger partial charge in [-0.15, -0.1) is 0 Å². The van der Waals surface area contributed by atoms with Gasteiger partial charge in [-0.2, -0.15) is 4.20 Å². The SMILES string of the molecule is CC(C)P(=O)(F)OC1CC(C)(C)CC(C)(C)C1. The second-order valence-electron chi connectivity index (χ2n) is 7.26. The van der Waals surface area contributed by atoms with Crippen molar-refractivity contribution in [1.82, 2.24) is 0 Å². The summed E-state index contributed by atoms with van der Waals surface area (Å²) >= 11 is 0. The summed E-state index contributed by atoms with van der Waals surface area (Å²) in [5, 5.41) is 0. The molecule has 0 aliphatic heterocycles. The van der Waals surface area contributed by atoms with E-state index in [2.05, 4.69) is 27.7 Å². The summed E-state index contributed by atoms with van der Waals surface area (Å²) in [6, 6.07) is 0. The average molecular weight is 264 g/mol. The fourth-order valence-corrected chi connectivity index (χ4v) is 3.94. The summed E-state index contributed by atoms with van der Waals surface area (Å²) in [6.07, 6.45) is 2.46. The molecule has 17 heavy (non-hydrogen) atoms. The molecule has 1 saturated carbocycles. The Hall–Kier alpha value is 0.120. The highest BCUT2D eigenvalue weighted by Crippen LogP contribution is 2.58. The molecule has 1 aliphatic carbocycles. The van der Waals surface area contributed by atoms with E-state index in [9.17, 15) is 8.76 Å². The molecule has 0 bridgehead atoms. The van der Waals surface area contributed by atoms with E-state index in [0.29, 0.717) is 0 Å².